The van der Waals surface area contributed by atoms with Crippen LogP contribution in [-0.2, 0) is 13.0 Å². The average Bonchev–Trinajstić information content (AvgIpc) is 2.47. The Morgan fingerprint density at radius 2 is 1.58 bits per heavy atom. The fourth-order valence-electron chi connectivity index (χ4n) is 1.98. The van der Waals surface area contributed by atoms with E-state index in [0.29, 0.717) is 0 Å². The molecule has 1 N–H and O–H groups in total. The van der Waals surface area contributed by atoms with Crippen molar-refractivity contribution in [3.63, 3.8) is 0 Å². The lowest BCUT2D eigenvalue weighted by Gasteiger charge is -2.11. The first-order valence-corrected chi connectivity index (χ1v) is 7.85. The van der Waals surface area contributed by atoms with Crippen LogP contribution in [-0.4, -0.2) is 5.75 Å². The Hall–Kier alpha value is -1.41. The Balaban J connectivity index is 2.01. The summed E-state index contributed by atoms with van der Waals surface area (Å²) in [4.78, 5) is 1.33. The minimum Gasteiger partial charge on any atom is -0.380 e. The van der Waals surface area contributed by atoms with Crippen LogP contribution in [0.25, 0.3) is 0 Å². The predicted octanol–water partition coefficient (Wildman–Crippen LogP) is 4.97. The standard InChI is InChI=1S/C17H21NS/c1-3-14-9-11-15(12-10-14)13-18-16-7-5-6-8-17(16)19-4-2/h5-12,18H,3-4,13H2,1-2H3. The topological polar surface area (TPSA) is 12.0 Å². The molecule has 2 rings (SSSR count). The first-order valence-electron chi connectivity index (χ1n) is 6.87. The SMILES string of the molecule is CCSc1ccccc1NCc1ccc(CC)cc1. The van der Waals surface area contributed by atoms with Crippen LogP contribution in [0.2, 0.25) is 0 Å². The van der Waals surface area contributed by atoms with Crippen LogP contribution in [0.1, 0.15) is 25.0 Å². The van der Waals surface area contributed by atoms with Gasteiger partial charge in [0.1, 0.15) is 0 Å². The molecular formula is C17H21NS. The van der Waals surface area contributed by atoms with Crippen LogP contribution < -0.4 is 5.32 Å². The molecule has 2 heteroatoms. The number of rotatable bonds is 6. The lowest BCUT2D eigenvalue weighted by molar-refractivity contribution is 1.10. The van der Waals surface area contributed by atoms with Crippen molar-refractivity contribution in [1.29, 1.82) is 0 Å². The van der Waals surface area contributed by atoms with Crippen molar-refractivity contribution in [1.82, 2.24) is 0 Å². The third-order valence-electron chi connectivity index (χ3n) is 3.10. The van der Waals surface area contributed by atoms with Crippen LogP contribution in [0.5, 0.6) is 0 Å². The summed E-state index contributed by atoms with van der Waals surface area (Å²) in [5.41, 5.74) is 3.95. The molecule has 0 bridgehead atoms. The van der Waals surface area contributed by atoms with Crippen molar-refractivity contribution < 1.29 is 0 Å². The highest BCUT2D eigenvalue weighted by atomic mass is 32.2. The van der Waals surface area contributed by atoms with Gasteiger partial charge in [0.05, 0.1) is 0 Å². The van der Waals surface area contributed by atoms with Crippen LogP contribution in [0.15, 0.2) is 53.4 Å². The molecule has 0 spiro atoms. The molecule has 0 radical (unpaired) electrons. The van der Waals surface area contributed by atoms with Crippen LogP contribution in [0.4, 0.5) is 5.69 Å². The van der Waals surface area contributed by atoms with Gasteiger partial charge in [-0.25, -0.2) is 0 Å². The second kappa shape index (κ2) is 7.25. The van der Waals surface area contributed by atoms with E-state index < -0.39 is 0 Å². The van der Waals surface area contributed by atoms with Gasteiger partial charge in [-0.15, -0.1) is 11.8 Å². The van der Waals surface area contributed by atoms with Gasteiger partial charge in [0, 0.05) is 17.1 Å². The summed E-state index contributed by atoms with van der Waals surface area (Å²) in [6.07, 6.45) is 1.10. The van der Waals surface area contributed by atoms with Gasteiger partial charge in [-0.3, -0.25) is 0 Å². The van der Waals surface area contributed by atoms with Crippen LogP contribution in [0, 0.1) is 0 Å². The molecule has 0 unspecified atom stereocenters. The lowest BCUT2D eigenvalue weighted by atomic mass is 10.1. The number of nitrogens with one attached hydrogen (secondary N) is 1. The van der Waals surface area contributed by atoms with Crippen molar-refractivity contribution in [2.45, 2.75) is 31.7 Å². The largest absolute Gasteiger partial charge is 0.380 e. The second-order valence-electron chi connectivity index (χ2n) is 4.45. The van der Waals surface area contributed by atoms with Crippen molar-refractivity contribution in [2.75, 3.05) is 11.1 Å². The van der Waals surface area contributed by atoms with Crippen LogP contribution in [0.3, 0.4) is 0 Å². The number of hydrogen-bond acceptors (Lipinski definition) is 2. The molecule has 100 valence electrons. The Labute approximate surface area is 120 Å². The maximum Gasteiger partial charge on any atom is 0.0481 e. The molecule has 0 heterocycles. The third-order valence-corrected chi connectivity index (χ3v) is 4.06. The number of aryl methyl sites for hydroxylation is 1. The molecule has 0 saturated carbocycles. The summed E-state index contributed by atoms with van der Waals surface area (Å²) in [7, 11) is 0. The number of anilines is 1. The number of para-hydroxylation sites is 1. The maximum absolute atomic E-state index is 3.53. The van der Waals surface area contributed by atoms with Gasteiger partial charge in [0.25, 0.3) is 0 Å². The van der Waals surface area contributed by atoms with Crippen molar-refractivity contribution >= 4 is 17.4 Å². The fraction of sp³-hybridized carbons (Fsp3) is 0.294. The summed E-state index contributed by atoms with van der Waals surface area (Å²) < 4.78 is 0. The zero-order valence-electron chi connectivity index (χ0n) is 11.6. The molecule has 0 atom stereocenters. The first-order chi connectivity index (χ1) is 9.33. The second-order valence-corrected chi connectivity index (χ2v) is 5.76. The molecule has 19 heavy (non-hydrogen) atoms. The molecule has 1 nitrogen and oxygen atoms in total. The van der Waals surface area contributed by atoms with Gasteiger partial charge >= 0.3 is 0 Å². The zero-order chi connectivity index (χ0) is 13.5. The highest BCUT2D eigenvalue weighted by molar-refractivity contribution is 7.99. The van der Waals surface area contributed by atoms with E-state index >= 15 is 0 Å². The molecule has 0 amide bonds. The molecule has 2 aromatic carbocycles. The van der Waals surface area contributed by atoms with Crippen molar-refractivity contribution in [3.05, 3.63) is 59.7 Å². The molecule has 0 fully saturated rings. The maximum atomic E-state index is 3.53. The van der Waals surface area contributed by atoms with Crippen LogP contribution >= 0.6 is 11.8 Å². The summed E-state index contributed by atoms with van der Waals surface area (Å²) in [6, 6.07) is 17.4. The lowest BCUT2D eigenvalue weighted by Crippen LogP contribution is -2.00. The van der Waals surface area contributed by atoms with Gasteiger partial charge in [0.15, 0.2) is 0 Å². The molecular weight excluding hydrogens is 250 g/mol. The first kappa shape index (κ1) is 14.0. The number of thioether (sulfide) groups is 1. The highest BCUT2D eigenvalue weighted by Crippen LogP contribution is 2.26. The van der Waals surface area contributed by atoms with Gasteiger partial charge in [0.2, 0.25) is 0 Å². The van der Waals surface area contributed by atoms with E-state index in [1.54, 1.807) is 0 Å². The molecule has 0 aliphatic rings. The molecule has 0 aliphatic carbocycles. The average molecular weight is 271 g/mol. The quantitative estimate of drug-likeness (QED) is 0.744. The number of hydrogen-bond donors (Lipinski definition) is 1. The Kier molecular flexibility index (Phi) is 5.34. The van der Waals surface area contributed by atoms with E-state index in [1.807, 2.05) is 11.8 Å². The molecule has 0 aliphatic heterocycles. The summed E-state index contributed by atoms with van der Waals surface area (Å²) in [6.45, 7) is 5.25. The predicted molar refractivity (Wildman–Crippen MR) is 86.0 cm³/mol. The third kappa shape index (κ3) is 4.03. The van der Waals surface area contributed by atoms with Crippen molar-refractivity contribution in [3.8, 4) is 0 Å². The monoisotopic (exact) mass is 271 g/mol. The number of benzene rings is 2. The van der Waals surface area contributed by atoms with Gasteiger partial charge in [-0.05, 0) is 35.4 Å². The van der Waals surface area contributed by atoms with Gasteiger partial charge in [-0.1, -0.05) is 50.2 Å². The fourth-order valence-corrected chi connectivity index (χ4v) is 2.77. The Morgan fingerprint density at radius 1 is 0.895 bits per heavy atom. The molecule has 2 aromatic rings. The summed E-state index contributed by atoms with van der Waals surface area (Å²) >= 11 is 1.88. The summed E-state index contributed by atoms with van der Waals surface area (Å²) in [5, 5.41) is 3.53. The summed E-state index contributed by atoms with van der Waals surface area (Å²) in [5.74, 6) is 1.10. The van der Waals surface area contributed by atoms with Gasteiger partial charge in [-0.2, -0.15) is 0 Å². The van der Waals surface area contributed by atoms with Crippen molar-refractivity contribution in [2.24, 2.45) is 0 Å². The molecule has 0 aromatic heterocycles. The smallest absolute Gasteiger partial charge is 0.0481 e. The highest BCUT2D eigenvalue weighted by Gasteiger charge is 2.01. The zero-order valence-corrected chi connectivity index (χ0v) is 12.5. The normalized spacial score (nSPS) is 10.4. The van der Waals surface area contributed by atoms with E-state index in [0.717, 1.165) is 18.7 Å². The molecule has 0 saturated heterocycles. The Morgan fingerprint density at radius 3 is 2.26 bits per heavy atom. The minimum atomic E-state index is 0.880. The van der Waals surface area contributed by atoms with E-state index in [-0.39, 0.29) is 0 Å². The van der Waals surface area contributed by atoms with E-state index in [1.165, 1.54) is 21.7 Å². The van der Waals surface area contributed by atoms with E-state index in [9.17, 15) is 0 Å². The van der Waals surface area contributed by atoms with E-state index in [4.69, 9.17) is 0 Å². The Bertz CT molecular complexity index is 505. The van der Waals surface area contributed by atoms with Gasteiger partial charge < -0.3 is 5.32 Å². The minimum absolute atomic E-state index is 0.880. The van der Waals surface area contributed by atoms with E-state index in [2.05, 4.69) is 67.7 Å².